The Labute approximate surface area is 346 Å². The van der Waals surface area contributed by atoms with Gasteiger partial charge in [0.25, 0.3) is 32.1 Å². The second-order valence-electron chi connectivity index (χ2n) is 11.4. The van der Waals surface area contributed by atoms with E-state index in [9.17, 15) is 55.3 Å². The van der Waals surface area contributed by atoms with Crippen LogP contribution in [0, 0.1) is 0 Å². The molecule has 1 aliphatic heterocycles. The van der Waals surface area contributed by atoms with E-state index < -0.39 is 59.5 Å². The number of imide groups is 1. The van der Waals surface area contributed by atoms with E-state index in [4.69, 9.17) is 5.73 Å². The summed E-state index contributed by atoms with van der Waals surface area (Å²) in [7, 11) is -9.93. The fourth-order valence-electron chi connectivity index (χ4n) is 5.68. The van der Waals surface area contributed by atoms with Crippen molar-refractivity contribution in [3.8, 4) is 11.1 Å². The van der Waals surface area contributed by atoms with Gasteiger partial charge in [-0.2, -0.15) is 16.8 Å². The van der Waals surface area contributed by atoms with Gasteiger partial charge in [0.2, 0.25) is 0 Å². The third kappa shape index (κ3) is 8.47. The van der Waals surface area contributed by atoms with Crippen molar-refractivity contribution >= 4 is 72.6 Å². The Kier molecular flexibility index (Phi) is 12.3. The molecule has 0 saturated heterocycles. The fraction of sp³-hybridized carbons (Fsp3) is 0.0286. The summed E-state index contributed by atoms with van der Waals surface area (Å²) in [6.07, 6.45) is 3.53. The monoisotopic (exact) mass is 772 g/mol. The van der Waals surface area contributed by atoms with Crippen molar-refractivity contribution in [2.24, 2.45) is 0 Å². The topological polar surface area (TPSA) is 252 Å². The number of nitrogen functional groups attached to an aromatic ring is 1. The van der Waals surface area contributed by atoms with E-state index in [0.29, 0.717) is 22.3 Å². The van der Waals surface area contributed by atoms with E-state index in [2.05, 4.69) is 0 Å². The van der Waals surface area contributed by atoms with Gasteiger partial charge in [0.1, 0.15) is 4.90 Å². The van der Waals surface area contributed by atoms with Gasteiger partial charge in [-0.25, -0.2) is 0 Å². The second kappa shape index (κ2) is 15.6. The Hall–Kier alpha value is -4.20. The molecule has 5 aromatic carbocycles. The van der Waals surface area contributed by atoms with Gasteiger partial charge in [-0.15, -0.1) is 0 Å². The van der Waals surface area contributed by atoms with Crippen molar-refractivity contribution in [3.63, 3.8) is 0 Å². The molecule has 14 nitrogen and oxygen atoms in total. The normalized spacial score (nSPS) is 12.8. The minimum Gasteiger partial charge on any atom is -0.545 e. The molecule has 2 amide bonds. The molecule has 0 bridgehead atoms. The smallest absolute Gasteiger partial charge is 0.545 e. The first-order chi connectivity index (χ1) is 23.9. The van der Waals surface area contributed by atoms with Crippen molar-refractivity contribution in [2.45, 2.75) is 16.3 Å². The molecule has 0 spiro atoms. The third-order valence-corrected chi connectivity index (χ3v) is 9.90. The molecule has 53 heavy (non-hydrogen) atoms. The summed E-state index contributed by atoms with van der Waals surface area (Å²) in [6.45, 7) is -0.315. The number of anilines is 1. The van der Waals surface area contributed by atoms with Crippen molar-refractivity contribution in [1.29, 1.82) is 0 Å². The standard InChI is InChI=1S/C35H24N2O12S2.2Na/c36-31-26-14-25(50(44,45)46)15-27-30(26)28(16-29(31)51(47,48)49)33(39)37(32(27)38)17-20-5-3-18(4-6-20)1-2-19-7-9-21(10-8-19)22-11-23(34(40)41)13-24(12-22)35(42)43;;/h1-16H,17,36H2,(H,40,41)(H,42,43)(H,44,45,46)(H,47,48,49);;/q;2*+1/p-2/b2-1+;;. The summed E-state index contributed by atoms with van der Waals surface area (Å²) >= 11 is 0. The van der Waals surface area contributed by atoms with Crippen LogP contribution in [0.3, 0.4) is 0 Å². The molecule has 0 aliphatic carbocycles. The van der Waals surface area contributed by atoms with Crippen LogP contribution in [0.2, 0.25) is 0 Å². The molecule has 258 valence electrons. The number of carbonyl (C=O) groups excluding carboxylic acids is 4. The Balaban J connectivity index is 0.00000314. The summed E-state index contributed by atoms with van der Waals surface area (Å²) < 4.78 is 67.6. The first kappa shape index (κ1) is 41.6. The van der Waals surface area contributed by atoms with Crippen LogP contribution in [-0.4, -0.2) is 54.6 Å². The van der Waals surface area contributed by atoms with Crippen LogP contribution in [0.1, 0.15) is 58.1 Å². The molecular formula is C35H22N2Na2O12S2. The summed E-state index contributed by atoms with van der Waals surface area (Å²) in [5.74, 6) is -4.93. The van der Waals surface area contributed by atoms with Gasteiger partial charge in [-0.1, -0.05) is 60.7 Å². The zero-order valence-electron chi connectivity index (χ0n) is 27.8. The van der Waals surface area contributed by atoms with Gasteiger partial charge < -0.3 is 25.5 Å². The van der Waals surface area contributed by atoms with Crippen molar-refractivity contribution in [3.05, 3.63) is 124 Å². The zero-order valence-corrected chi connectivity index (χ0v) is 33.4. The van der Waals surface area contributed by atoms with Crippen LogP contribution in [0.5, 0.6) is 0 Å². The molecule has 1 aliphatic rings. The number of aromatic carboxylic acids is 2. The largest absolute Gasteiger partial charge is 1.00 e. The zero-order chi connectivity index (χ0) is 37.0. The van der Waals surface area contributed by atoms with Crippen molar-refractivity contribution in [2.75, 3.05) is 5.73 Å². The average molecular weight is 773 g/mol. The molecule has 0 atom stereocenters. The number of nitrogens with zero attached hydrogens (tertiary/aromatic N) is 1. The van der Waals surface area contributed by atoms with Gasteiger partial charge in [0, 0.05) is 10.8 Å². The number of carboxylic acid groups (broad SMARTS) is 2. The number of carbonyl (C=O) groups is 4. The minimum absolute atomic E-state index is 0. The average Bonchev–Trinajstić information content (AvgIpc) is 3.08. The molecule has 0 fully saturated rings. The van der Waals surface area contributed by atoms with Crippen LogP contribution >= 0.6 is 0 Å². The number of nitrogens with two attached hydrogens (primary N) is 1. The number of benzene rings is 5. The molecule has 4 N–H and O–H groups in total. The predicted octanol–water partition coefficient (Wildman–Crippen LogP) is -3.72. The van der Waals surface area contributed by atoms with E-state index in [1.165, 1.54) is 12.1 Å². The van der Waals surface area contributed by atoms with Crippen molar-refractivity contribution in [1.82, 2.24) is 4.90 Å². The maximum atomic E-state index is 13.6. The number of hydrogen-bond donors (Lipinski definition) is 3. The van der Waals surface area contributed by atoms with Gasteiger partial charge in [-0.05, 0) is 75.3 Å². The number of amides is 2. The molecule has 5 aromatic rings. The molecule has 0 aromatic heterocycles. The molecule has 6 rings (SSSR count). The number of carboxylic acids is 2. The summed E-state index contributed by atoms with van der Waals surface area (Å²) in [5, 5.41) is 22.2. The second-order valence-corrected chi connectivity index (χ2v) is 14.3. The molecule has 0 radical (unpaired) electrons. The molecule has 0 unspecified atom stereocenters. The van der Waals surface area contributed by atoms with E-state index in [1.807, 2.05) is 0 Å². The molecule has 0 saturated carbocycles. The van der Waals surface area contributed by atoms with E-state index >= 15 is 0 Å². The molecule has 1 heterocycles. The first-order valence-corrected chi connectivity index (χ1v) is 17.5. The summed E-state index contributed by atoms with van der Waals surface area (Å²) in [6, 6.07) is 19.4. The summed E-state index contributed by atoms with van der Waals surface area (Å²) in [4.78, 5) is 48.9. The van der Waals surface area contributed by atoms with Crippen LogP contribution in [0.15, 0.2) is 94.7 Å². The SMILES string of the molecule is Nc1c(S(=O)(=O)O)cc2c3c(cc(S(=O)(=O)O)cc13)C(=O)N(Cc1ccc(/C=C/c3ccc(-c4cc(C(=O)[O-])cc(C(=O)[O-])c4)cc3)cc1)C2=O.[Na+].[Na+]. The van der Waals surface area contributed by atoms with Gasteiger partial charge in [-0.3, -0.25) is 23.6 Å². The predicted molar refractivity (Wildman–Crippen MR) is 178 cm³/mol. The Morgan fingerprint density at radius 2 is 1.17 bits per heavy atom. The number of hydrogen-bond acceptors (Lipinski definition) is 11. The van der Waals surface area contributed by atoms with Gasteiger partial charge in [0.15, 0.2) is 0 Å². The van der Waals surface area contributed by atoms with E-state index in [0.717, 1.165) is 34.7 Å². The summed E-state index contributed by atoms with van der Waals surface area (Å²) in [5.41, 5.74) is 6.83. The quantitative estimate of drug-likeness (QED) is 0.0429. The molecule has 18 heteroatoms. The number of rotatable bonds is 9. The Bertz CT molecular complexity index is 2550. The van der Waals surface area contributed by atoms with Gasteiger partial charge in [0.05, 0.1) is 40.2 Å². The van der Waals surface area contributed by atoms with E-state index in [1.54, 1.807) is 60.7 Å². The minimum atomic E-state index is -5.00. The third-order valence-electron chi connectivity index (χ3n) is 8.18. The van der Waals surface area contributed by atoms with Crippen LogP contribution < -0.4 is 75.1 Å². The first-order valence-electron chi connectivity index (χ1n) is 14.6. The maximum absolute atomic E-state index is 13.6. The van der Waals surface area contributed by atoms with Crippen molar-refractivity contribution < 1.29 is 114 Å². The van der Waals surface area contributed by atoms with E-state index in [-0.39, 0.29) is 98.7 Å². The van der Waals surface area contributed by atoms with Crippen LogP contribution in [0.25, 0.3) is 34.1 Å². The van der Waals surface area contributed by atoms with Gasteiger partial charge >= 0.3 is 59.1 Å². The Morgan fingerprint density at radius 1 is 0.679 bits per heavy atom. The Morgan fingerprint density at radius 3 is 1.64 bits per heavy atom. The van der Waals surface area contributed by atoms with Crippen LogP contribution in [0.4, 0.5) is 5.69 Å². The molecular weight excluding hydrogens is 751 g/mol. The fourth-order valence-corrected chi connectivity index (χ4v) is 6.87. The van der Waals surface area contributed by atoms with Crippen LogP contribution in [-0.2, 0) is 26.8 Å². The maximum Gasteiger partial charge on any atom is 1.00 e.